The minimum Gasteiger partial charge on any atom is -0.334 e. The third kappa shape index (κ3) is 3.81. The van der Waals surface area contributed by atoms with E-state index in [0.29, 0.717) is 11.3 Å². The standard InChI is InChI=1S/C14H27N2P/c1-7-8-9-13-10-16(6)14(15-13)17(11(2)3)12(4)5/h10-12H,7-9H2,1-6H3. The Bertz CT molecular complexity index is 334. The molecule has 0 radical (unpaired) electrons. The highest BCUT2D eigenvalue weighted by Gasteiger charge is 2.23. The second kappa shape index (κ2) is 6.54. The molecule has 0 aromatic carbocycles. The van der Waals surface area contributed by atoms with Gasteiger partial charge in [0, 0.05) is 13.2 Å². The van der Waals surface area contributed by atoms with Crippen molar-refractivity contribution < 1.29 is 0 Å². The molecule has 98 valence electrons. The van der Waals surface area contributed by atoms with Crippen molar-refractivity contribution in [2.45, 2.75) is 65.2 Å². The lowest BCUT2D eigenvalue weighted by Crippen LogP contribution is -2.22. The van der Waals surface area contributed by atoms with Crippen molar-refractivity contribution in [2.24, 2.45) is 7.05 Å². The highest BCUT2D eigenvalue weighted by atomic mass is 31.1. The lowest BCUT2D eigenvalue weighted by molar-refractivity contribution is 0.780. The second-order valence-electron chi connectivity index (χ2n) is 5.34. The van der Waals surface area contributed by atoms with Gasteiger partial charge >= 0.3 is 0 Å². The van der Waals surface area contributed by atoms with Crippen molar-refractivity contribution in [3.05, 3.63) is 11.9 Å². The van der Waals surface area contributed by atoms with Crippen LogP contribution >= 0.6 is 7.92 Å². The van der Waals surface area contributed by atoms with Crippen LogP contribution < -0.4 is 5.57 Å². The SMILES string of the molecule is CCCCc1cn(C)c(P(C(C)C)C(C)C)n1. The quantitative estimate of drug-likeness (QED) is 0.708. The average molecular weight is 254 g/mol. The summed E-state index contributed by atoms with van der Waals surface area (Å²) in [5.74, 6) is 0. The number of hydrogen-bond acceptors (Lipinski definition) is 1. The van der Waals surface area contributed by atoms with E-state index >= 15 is 0 Å². The fourth-order valence-corrected chi connectivity index (χ4v) is 5.08. The fraction of sp³-hybridized carbons (Fsp3) is 0.786. The van der Waals surface area contributed by atoms with Crippen molar-refractivity contribution in [3.63, 3.8) is 0 Å². The molecule has 0 atom stereocenters. The second-order valence-corrected chi connectivity index (χ2v) is 8.62. The van der Waals surface area contributed by atoms with Crippen LogP contribution in [-0.2, 0) is 13.5 Å². The van der Waals surface area contributed by atoms with Gasteiger partial charge in [-0.05, 0) is 32.1 Å². The molecule has 0 bridgehead atoms. The number of aryl methyl sites for hydroxylation is 2. The monoisotopic (exact) mass is 254 g/mol. The van der Waals surface area contributed by atoms with Gasteiger partial charge in [0.1, 0.15) is 5.57 Å². The molecule has 2 nitrogen and oxygen atoms in total. The minimum absolute atomic E-state index is 0.137. The summed E-state index contributed by atoms with van der Waals surface area (Å²) in [6, 6.07) is 0. The van der Waals surface area contributed by atoms with Gasteiger partial charge in [0.15, 0.2) is 0 Å². The summed E-state index contributed by atoms with van der Waals surface area (Å²) in [7, 11) is 2.01. The van der Waals surface area contributed by atoms with E-state index in [2.05, 4.69) is 52.4 Å². The Kier molecular flexibility index (Phi) is 5.66. The van der Waals surface area contributed by atoms with E-state index in [1.807, 2.05) is 0 Å². The molecule has 0 aliphatic rings. The normalized spacial score (nSPS) is 12.1. The highest BCUT2D eigenvalue weighted by molar-refractivity contribution is 7.66. The predicted octanol–water partition coefficient (Wildman–Crippen LogP) is 3.69. The third-order valence-corrected chi connectivity index (χ3v) is 6.13. The van der Waals surface area contributed by atoms with E-state index in [-0.39, 0.29) is 7.92 Å². The van der Waals surface area contributed by atoms with Crippen molar-refractivity contribution in [1.82, 2.24) is 9.55 Å². The van der Waals surface area contributed by atoms with E-state index in [1.54, 1.807) is 0 Å². The Balaban J connectivity index is 2.91. The maximum Gasteiger partial charge on any atom is 0.131 e. The van der Waals surface area contributed by atoms with Crippen LogP contribution in [-0.4, -0.2) is 20.9 Å². The van der Waals surface area contributed by atoms with E-state index < -0.39 is 0 Å². The van der Waals surface area contributed by atoms with Crippen LogP contribution in [0.3, 0.4) is 0 Å². The van der Waals surface area contributed by atoms with Gasteiger partial charge < -0.3 is 4.57 Å². The summed E-state index contributed by atoms with van der Waals surface area (Å²) in [4.78, 5) is 4.88. The molecule has 1 aromatic heterocycles. The van der Waals surface area contributed by atoms with E-state index in [4.69, 9.17) is 4.98 Å². The van der Waals surface area contributed by atoms with Crippen molar-refractivity contribution in [3.8, 4) is 0 Å². The molecule has 0 fully saturated rings. The molecule has 0 amide bonds. The zero-order valence-corrected chi connectivity index (χ0v) is 13.1. The first-order valence-electron chi connectivity index (χ1n) is 6.77. The highest BCUT2D eigenvalue weighted by Crippen LogP contribution is 2.44. The number of imidazole rings is 1. The Hall–Kier alpha value is -0.360. The van der Waals surface area contributed by atoms with E-state index in [1.165, 1.54) is 24.1 Å². The topological polar surface area (TPSA) is 17.8 Å². The molecule has 0 aliphatic heterocycles. The molecule has 0 N–H and O–H groups in total. The molecule has 0 aliphatic carbocycles. The van der Waals surface area contributed by atoms with Crippen molar-refractivity contribution >= 4 is 13.5 Å². The molecular weight excluding hydrogens is 227 g/mol. The number of aromatic nitrogens is 2. The van der Waals surface area contributed by atoms with Crippen LogP contribution in [0, 0.1) is 0 Å². The molecule has 1 heterocycles. The number of hydrogen-bond donors (Lipinski definition) is 0. The Morgan fingerprint density at radius 2 is 1.82 bits per heavy atom. The Morgan fingerprint density at radius 1 is 1.24 bits per heavy atom. The van der Waals surface area contributed by atoms with Crippen molar-refractivity contribution in [2.75, 3.05) is 0 Å². The van der Waals surface area contributed by atoms with Gasteiger partial charge in [-0.15, -0.1) is 0 Å². The Labute approximate surface area is 108 Å². The molecule has 1 aromatic rings. The largest absolute Gasteiger partial charge is 0.334 e. The van der Waals surface area contributed by atoms with Gasteiger partial charge in [-0.1, -0.05) is 41.0 Å². The van der Waals surface area contributed by atoms with E-state index in [0.717, 1.165) is 6.42 Å². The van der Waals surface area contributed by atoms with Crippen LogP contribution in [0.15, 0.2) is 6.20 Å². The zero-order chi connectivity index (χ0) is 13.0. The summed E-state index contributed by atoms with van der Waals surface area (Å²) in [6.07, 6.45) is 5.85. The van der Waals surface area contributed by atoms with Crippen molar-refractivity contribution in [1.29, 1.82) is 0 Å². The molecule has 1 rings (SSSR count). The zero-order valence-electron chi connectivity index (χ0n) is 12.2. The summed E-state index contributed by atoms with van der Waals surface area (Å²) in [5, 5.41) is 0. The first kappa shape index (κ1) is 14.7. The third-order valence-electron chi connectivity index (χ3n) is 3.03. The lowest BCUT2D eigenvalue weighted by Gasteiger charge is -2.24. The maximum atomic E-state index is 4.88. The molecule has 3 heteroatoms. The molecule has 17 heavy (non-hydrogen) atoms. The summed E-state index contributed by atoms with van der Waals surface area (Å²) in [5.41, 5.74) is 4.03. The number of unbranched alkanes of at least 4 members (excludes halogenated alkanes) is 1. The Morgan fingerprint density at radius 3 is 2.29 bits per heavy atom. The van der Waals surface area contributed by atoms with Gasteiger partial charge in [0.05, 0.1) is 5.69 Å². The first-order valence-corrected chi connectivity index (χ1v) is 8.25. The van der Waals surface area contributed by atoms with Crippen LogP contribution in [0.5, 0.6) is 0 Å². The van der Waals surface area contributed by atoms with Crippen LogP contribution in [0.25, 0.3) is 0 Å². The van der Waals surface area contributed by atoms with Gasteiger partial charge in [-0.2, -0.15) is 0 Å². The smallest absolute Gasteiger partial charge is 0.131 e. The first-order chi connectivity index (χ1) is 7.97. The van der Waals surface area contributed by atoms with Crippen LogP contribution in [0.2, 0.25) is 0 Å². The molecule has 0 saturated carbocycles. The lowest BCUT2D eigenvalue weighted by atomic mass is 10.2. The van der Waals surface area contributed by atoms with Crippen LogP contribution in [0.4, 0.5) is 0 Å². The minimum atomic E-state index is -0.137. The predicted molar refractivity (Wildman–Crippen MR) is 78.6 cm³/mol. The number of rotatable bonds is 6. The summed E-state index contributed by atoms with van der Waals surface area (Å²) >= 11 is 0. The molecule has 0 unspecified atom stereocenters. The average Bonchev–Trinajstić information content (AvgIpc) is 2.56. The van der Waals surface area contributed by atoms with Gasteiger partial charge in [-0.3, -0.25) is 0 Å². The maximum absolute atomic E-state index is 4.88. The van der Waals surface area contributed by atoms with Gasteiger partial charge in [0.2, 0.25) is 0 Å². The molecule has 0 spiro atoms. The van der Waals surface area contributed by atoms with Crippen LogP contribution in [0.1, 0.15) is 53.2 Å². The molecular formula is C14H27N2P. The van der Waals surface area contributed by atoms with Gasteiger partial charge in [-0.25, -0.2) is 4.98 Å². The number of nitrogens with zero attached hydrogens (tertiary/aromatic N) is 2. The van der Waals surface area contributed by atoms with E-state index in [9.17, 15) is 0 Å². The summed E-state index contributed by atoms with van der Waals surface area (Å²) < 4.78 is 2.26. The summed E-state index contributed by atoms with van der Waals surface area (Å²) in [6.45, 7) is 11.5. The molecule has 0 saturated heterocycles. The van der Waals surface area contributed by atoms with Gasteiger partial charge in [0.25, 0.3) is 0 Å². The fourth-order valence-electron chi connectivity index (χ4n) is 2.29.